The first-order valence-corrected chi connectivity index (χ1v) is 12.2. The van der Waals surface area contributed by atoms with E-state index in [0.717, 1.165) is 29.9 Å². The molecule has 0 fully saturated rings. The highest BCUT2D eigenvalue weighted by Gasteiger charge is 2.30. The van der Waals surface area contributed by atoms with Gasteiger partial charge in [0.15, 0.2) is 0 Å². The Balaban J connectivity index is 3.32. The van der Waals surface area contributed by atoms with Gasteiger partial charge in [-0.15, -0.1) is 12.6 Å². The molecule has 168 valence electrons. The molecule has 0 aromatic carbocycles. The zero-order chi connectivity index (χ0) is 22.7. The maximum Gasteiger partial charge on any atom is 0.0841 e. The van der Waals surface area contributed by atoms with Crippen molar-refractivity contribution in [2.75, 3.05) is 20.8 Å². The van der Waals surface area contributed by atoms with Gasteiger partial charge >= 0.3 is 0 Å². The molecule has 0 saturated heterocycles. The molecule has 5 heteroatoms. The van der Waals surface area contributed by atoms with Crippen LogP contribution in [0.1, 0.15) is 47.5 Å². The van der Waals surface area contributed by atoms with Crippen molar-refractivity contribution in [3.05, 3.63) is 68.5 Å². The highest BCUT2D eigenvalue weighted by Crippen LogP contribution is 2.34. The zero-order valence-electron chi connectivity index (χ0n) is 19.5. The third-order valence-electron chi connectivity index (χ3n) is 5.35. The molecule has 0 spiro atoms. The van der Waals surface area contributed by atoms with Crippen LogP contribution >= 0.6 is 35.2 Å². The van der Waals surface area contributed by atoms with E-state index in [1.54, 1.807) is 14.2 Å². The van der Waals surface area contributed by atoms with Gasteiger partial charge in [0.1, 0.15) is 0 Å². The second-order valence-electron chi connectivity index (χ2n) is 7.98. The second-order valence-corrected chi connectivity index (χ2v) is 9.09. The van der Waals surface area contributed by atoms with E-state index in [4.69, 9.17) is 9.47 Å². The molecule has 0 aliphatic heterocycles. The lowest BCUT2D eigenvalue weighted by Gasteiger charge is -2.36. The number of hydrogen-bond donors (Lipinski definition) is 1. The minimum Gasteiger partial charge on any atom is -0.377 e. The van der Waals surface area contributed by atoms with Crippen LogP contribution in [-0.4, -0.2) is 37.9 Å². The molecular weight excluding hydrogens is 505 g/mol. The van der Waals surface area contributed by atoms with Crippen molar-refractivity contribution >= 4 is 35.2 Å². The van der Waals surface area contributed by atoms with Crippen molar-refractivity contribution in [1.29, 1.82) is 0 Å². The number of methoxy groups -OCH3 is 2. The predicted molar refractivity (Wildman–Crippen MR) is 142 cm³/mol. The van der Waals surface area contributed by atoms with Gasteiger partial charge in [0, 0.05) is 42.5 Å². The van der Waals surface area contributed by atoms with Crippen molar-refractivity contribution in [3.63, 3.8) is 0 Å². The maximum absolute atomic E-state index is 5.66. The first kappa shape index (κ1) is 27.3. The monoisotopic (exact) mass is 543 g/mol. The molecule has 30 heavy (non-hydrogen) atoms. The lowest BCUT2D eigenvalue weighted by molar-refractivity contribution is 0.0656. The summed E-state index contributed by atoms with van der Waals surface area (Å²) in [4.78, 5) is 3.36. The molecule has 1 aliphatic rings. The predicted octanol–water partition coefficient (Wildman–Crippen LogP) is 7.21. The molecule has 0 saturated carbocycles. The van der Waals surface area contributed by atoms with Crippen LogP contribution in [-0.2, 0) is 9.47 Å². The minimum atomic E-state index is -0.0773. The normalized spacial score (nSPS) is 21.2. The third kappa shape index (κ3) is 8.06. The maximum atomic E-state index is 5.66. The number of nitrogens with zero attached hydrogens (tertiary/aromatic N) is 1. The zero-order valence-corrected chi connectivity index (χ0v) is 22.5. The Kier molecular flexibility index (Phi) is 12.4. The number of hydrogen-bond acceptors (Lipinski definition) is 4. The van der Waals surface area contributed by atoms with E-state index < -0.39 is 0 Å². The number of rotatable bonds is 11. The van der Waals surface area contributed by atoms with Gasteiger partial charge in [0.05, 0.1) is 12.2 Å². The fourth-order valence-corrected chi connectivity index (χ4v) is 3.94. The highest BCUT2D eigenvalue weighted by atomic mass is 127. The average Bonchev–Trinajstić information content (AvgIpc) is 2.73. The first-order valence-electron chi connectivity index (χ1n) is 10.5. The lowest BCUT2D eigenvalue weighted by atomic mass is 9.82. The van der Waals surface area contributed by atoms with E-state index in [9.17, 15) is 0 Å². The van der Waals surface area contributed by atoms with Gasteiger partial charge in [-0.05, 0) is 41.6 Å². The molecule has 1 aliphatic carbocycles. The molecule has 0 aromatic rings. The average molecular weight is 544 g/mol. The van der Waals surface area contributed by atoms with E-state index in [0.29, 0.717) is 0 Å². The summed E-state index contributed by atoms with van der Waals surface area (Å²) in [6, 6.07) is 0. The van der Waals surface area contributed by atoms with Gasteiger partial charge in [-0.2, -0.15) is 0 Å². The summed E-state index contributed by atoms with van der Waals surface area (Å²) in [5, 5.41) is 0. The van der Waals surface area contributed by atoms with Crippen molar-refractivity contribution < 1.29 is 9.47 Å². The summed E-state index contributed by atoms with van der Waals surface area (Å²) in [7, 11) is 3.53. The van der Waals surface area contributed by atoms with Gasteiger partial charge in [0.25, 0.3) is 0 Å². The quantitative estimate of drug-likeness (QED) is 0.129. The molecule has 0 heterocycles. The molecule has 0 aromatic heterocycles. The first-order chi connectivity index (χ1) is 14.2. The number of thiol groups is 1. The van der Waals surface area contributed by atoms with E-state index in [2.05, 4.69) is 117 Å². The molecule has 2 atom stereocenters. The van der Waals surface area contributed by atoms with Crippen LogP contribution in [0, 0.1) is 5.41 Å². The Morgan fingerprint density at radius 2 is 2.00 bits per heavy atom. The Hall–Kier alpha value is -0.760. The van der Waals surface area contributed by atoms with Crippen LogP contribution in [0.2, 0.25) is 0 Å². The van der Waals surface area contributed by atoms with Crippen LogP contribution in [0.4, 0.5) is 0 Å². The van der Waals surface area contributed by atoms with Crippen molar-refractivity contribution in [2.45, 2.75) is 59.7 Å². The molecule has 1 rings (SSSR count). The molecule has 2 unspecified atom stereocenters. The van der Waals surface area contributed by atoms with E-state index in [-0.39, 0.29) is 17.6 Å². The van der Waals surface area contributed by atoms with Crippen LogP contribution in [0.5, 0.6) is 0 Å². The number of ether oxygens (including phenoxy) is 2. The molecule has 0 N–H and O–H groups in total. The number of halogens is 1. The fraction of sp³-hybridized carbons (Fsp3) is 0.520. The lowest BCUT2D eigenvalue weighted by Crippen LogP contribution is -2.33. The summed E-state index contributed by atoms with van der Waals surface area (Å²) in [5.74, 6) is 0. The summed E-state index contributed by atoms with van der Waals surface area (Å²) in [6.45, 7) is 11.6. The Morgan fingerprint density at radius 1 is 1.30 bits per heavy atom. The molecule has 0 radical (unpaired) electrons. The Morgan fingerprint density at radius 3 is 2.50 bits per heavy atom. The second kappa shape index (κ2) is 13.6. The van der Waals surface area contributed by atoms with Crippen LogP contribution in [0.25, 0.3) is 0 Å². The van der Waals surface area contributed by atoms with Crippen LogP contribution < -0.4 is 0 Å². The Labute approximate surface area is 203 Å². The van der Waals surface area contributed by atoms with Crippen LogP contribution in [0.3, 0.4) is 0 Å². The number of allylic oxidation sites excluding steroid dienone is 5. The topological polar surface area (TPSA) is 21.7 Å². The Bertz CT molecular complexity index is 727. The summed E-state index contributed by atoms with van der Waals surface area (Å²) in [5.41, 5.74) is 3.51. The van der Waals surface area contributed by atoms with E-state index >= 15 is 0 Å². The van der Waals surface area contributed by atoms with Gasteiger partial charge in [0.2, 0.25) is 0 Å². The molecule has 0 bridgehead atoms. The summed E-state index contributed by atoms with van der Waals surface area (Å²) >= 11 is 6.76. The highest BCUT2D eigenvalue weighted by molar-refractivity contribution is 14.1. The van der Waals surface area contributed by atoms with Gasteiger partial charge in [-0.25, -0.2) is 0 Å². The van der Waals surface area contributed by atoms with Gasteiger partial charge < -0.3 is 14.4 Å². The van der Waals surface area contributed by atoms with E-state index in [1.807, 2.05) is 4.08 Å². The summed E-state index contributed by atoms with van der Waals surface area (Å²) < 4.78 is 13.2. The fourth-order valence-electron chi connectivity index (χ4n) is 3.37. The summed E-state index contributed by atoms with van der Waals surface area (Å²) in [6.07, 6.45) is 17.5. The molecule has 0 amide bonds. The smallest absolute Gasteiger partial charge is 0.0841 e. The van der Waals surface area contributed by atoms with Crippen molar-refractivity contribution in [1.82, 2.24) is 4.90 Å². The third-order valence-corrected chi connectivity index (χ3v) is 6.94. The molecular formula is C25H38INO2S. The SMILES string of the molecule is CC\C(=C/C=C(C)/C(S)=C/I)N(C/C=C\C(CC)OC)C1=CC(C)(C)C(OC)C=C1. The van der Waals surface area contributed by atoms with Gasteiger partial charge in [-0.1, -0.05) is 80.7 Å². The molecule has 3 nitrogen and oxygen atoms in total. The minimum absolute atomic E-state index is 0.0772. The van der Waals surface area contributed by atoms with Crippen molar-refractivity contribution in [2.24, 2.45) is 5.41 Å². The van der Waals surface area contributed by atoms with Crippen molar-refractivity contribution in [3.8, 4) is 0 Å². The largest absolute Gasteiger partial charge is 0.377 e. The van der Waals surface area contributed by atoms with Gasteiger partial charge in [-0.3, -0.25) is 0 Å². The van der Waals surface area contributed by atoms with Crippen LogP contribution in [0.15, 0.2) is 68.5 Å². The van der Waals surface area contributed by atoms with E-state index in [1.165, 1.54) is 11.4 Å². The standard InChI is InChI=1S/C25H38INO2S/c1-8-20(13-12-19(3)23(30)18-26)27(16-10-11-22(9-2)28-6)21-14-15-24(29-7)25(4,5)17-21/h10-15,17-18,22,24,30H,8-9,16H2,1-7H3/b11-10-,19-12+,20-13+,23-18-.